The first-order valence-electron chi connectivity index (χ1n) is 19.6. The van der Waals surface area contributed by atoms with Crippen LogP contribution < -0.4 is 9.80 Å². The van der Waals surface area contributed by atoms with E-state index >= 15 is 0 Å². The lowest BCUT2D eigenvalue weighted by Gasteiger charge is -2.27. The molecule has 0 bridgehead atoms. The maximum atomic E-state index is 2.41. The summed E-state index contributed by atoms with van der Waals surface area (Å²) in [6, 6.07) is 79.2. The molecule has 0 atom stereocenters. The third kappa shape index (κ3) is 6.02. The molecule has 0 radical (unpaired) electrons. The largest absolute Gasteiger partial charge is 0.309 e. The van der Waals surface area contributed by atoms with Gasteiger partial charge in [-0.05, 0) is 95.1 Å². The van der Waals surface area contributed by atoms with Gasteiger partial charge < -0.3 is 9.80 Å². The van der Waals surface area contributed by atoms with Crippen LogP contribution in [0.15, 0.2) is 218 Å². The van der Waals surface area contributed by atoms with Crippen molar-refractivity contribution < 1.29 is 0 Å². The molecule has 0 aliphatic carbocycles. The minimum atomic E-state index is 1.12. The van der Waals surface area contributed by atoms with Gasteiger partial charge in [-0.1, -0.05) is 146 Å². The average molecular weight is 777 g/mol. The second-order valence-electron chi connectivity index (χ2n) is 14.5. The van der Waals surface area contributed by atoms with Crippen LogP contribution in [0.1, 0.15) is 0 Å². The van der Waals surface area contributed by atoms with E-state index in [0.29, 0.717) is 0 Å². The second-order valence-corrected chi connectivity index (χ2v) is 16.6. The minimum absolute atomic E-state index is 1.12. The smallest absolute Gasteiger partial charge is 0.0640 e. The van der Waals surface area contributed by atoms with E-state index in [1.165, 1.54) is 74.0 Å². The summed E-state index contributed by atoms with van der Waals surface area (Å²) in [5, 5.41) is 5.18. The SMILES string of the molecule is c1ccc(-c2ccc(N(c3ccc(-c4ccc(N(c5ccccc5)c5cccc6c5sc5ccccc56)cc4)cc3)c3cccc4c3sc3ccccc34)cc2)cc1. The summed E-state index contributed by atoms with van der Waals surface area (Å²) in [6.45, 7) is 0. The van der Waals surface area contributed by atoms with Gasteiger partial charge in [0, 0.05) is 53.7 Å². The van der Waals surface area contributed by atoms with Crippen molar-refractivity contribution >= 4 is 97.1 Å². The first kappa shape index (κ1) is 34.3. The molecule has 58 heavy (non-hydrogen) atoms. The highest BCUT2D eigenvalue weighted by atomic mass is 32.1. The van der Waals surface area contributed by atoms with Crippen LogP contribution in [0.4, 0.5) is 34.1 Å². The molecule has 0 saturated carbocycles. The summed E-state index contributed by atoms with van der Waals surface area (Å²) >= 11 is 3.72. The predicted molar refractivity (Wildman–Crippen MR) is 252 cm³/mol. The van der Waals surface area contributed by atoms with Crippen molar-refractivity contribution in [3.8, 4) is 22.3 Å². The van der Waals surface area contributed by atoms with Crippen LogP contribution in [-0.4, -0.2) is 0 Å². The van der Waals surface area contributed by atoms with Crippen molar-refractivity contribution in [2.45, 2.75) is 0 Å². The van der Waals surface area contributed by atoms with Gasteiger partial charge in [0.25, 0.3) is 0 Å². The van der Waals surface area contributed by atoms with E-state index in [-0.39, 0.29) is 0 Å². The summed E-state index contributed by atoms with van der Waals surface area (Å²) in [4.78, 5) is 4.80. The zero-order chi connectivity index (χ0) is 38.4. The quantitative estimate of drug-likeness (QED) is 0.152. The van der Waals surface area contributed by atoms with Crippen LogP contribution in [0, 0.1) is 0 Å². The molecule has 4 heteroatoms. The lowest BCUT2D eigenvalue weighted by Crippen LogP contribution is -2.10. The molecule has 2 nitrogen and oxygen atoms in total. The van der Waals surface area contributed by atoms with Crippen LogP contribution in [0.3, 0.4) is 0 Å². The van der Waals surface area contributed by atoms with Gasteiger partial charge in [-0.2, -0.15) is 0 Å². The van der Waals surface area contributed by atoms with Crippen LogP contribution >= 0.6 is 22.7 Å². The van der Waals surface area contributed by atoms with Crippen LogP contribution in [0.25, 0.3) is 62.6 Å². The van der Waals surface area contributed by atoms with E-state index < -0.39 is 0 Å². The topological polar surface area (TPSA) is 6.48 Å². The molecule has 0 unspecified atom stereocenters. The summed E-state index contributed by atoms with van der Waals surface area (Å²) in [7, 11) is 0. The fraction of sp³-hybridized carbons (Fsp3) is 0. The fourth-order valence-corrected chi connectivity index (χ4v) is 10.7. The molecule has 0 N–H and O–H groups in total. The number of rotatable bonds is 8. The number of hydrogen-bond acceptors (Lipinski definition) is 4. The Morgan fingerprint density at radius 3 is 1.00 bits per heavy atom. The Morgan fingerprint density at radius 2 is 0.569 bits per heavy atom. The van der Waals surface area contributed by atoms with E-state index in [0.717, 1.165) is 22.7 Å². The lowest BCUT2D eigenvalue weighted by atomic mass is 10.0. The molecule has 0 aliphatic heterocycles. The molecule has 0 fully saturated rings. The summed E-state index contributed by atoms with van der Waals surface area (Å²) in [5.41, 5.74) is 11.6. The molecule has 0 saturated heterocycles. The number of benzene rings is 9. The van der Waals surface area contributed by atoms with Gasteiger partial charge in [-0.15, -0.1) is 22.7 Å². The van der Waals surface area contributed by atoms with Crippen molar-refractivity contribution in [2.24, 2.45) is 0 Å². The van der Waals surface area contributed by atoms with Crippen molar-refractivity contribution in [1.29, 1.82) is 0 Å². The Balaban J connectivity index is 0.973. The molecule has 274 valence electrons. The normalized spacial score (nSPS) is 11.4. The highest BCUT2D eigenvalue weighted by Gasteiger charge is 2.20. The van der Waals surface area contributed by atoms with Gasteiger partial charge in [-0.3, -0.25) is 0 Å². The molecule has 11 aromatic rings. The summed E-state index contributed by atoms with van der Waals surface area (Å²) < 4.78 is 5.18. The highest BCUT2D eigenvalue weighted by Crippen LogP contribution is 2.47. The number of thiophene rings is 2. The molecule has 11 rings (SSSR count). The Morgan fingerprint density at radius 1 is 0.241 bits per heavy atom. The number of anilines is 6. The number of fused-ring (bicyclic) bond motifs is 6. The summed E-state index contributed by atoms with van der Waals surface area (Å²) in [6.07, 6.45) is 0. The van der Waals surface area contributed by atoms with Crippen molar-refractivity contribution in [3.05, 3.63) is 218 Å². The van der Waals surface area contributed by atoms with E-state index in [4.69, 9.17) is 0 Å². The minimum Gasteiger partial charge on any atom is -0.309 e. The molecular weight excluding hydrogens is 741 g/mol. The molecule has 0 spiro atoms. The molecule has 0 amide bonds. The standard InChI is InChI=1S/C54H36N2S2/c1-3-13-37(14-4-1)38-25-31-43(32-26-38)56(50-22-12-20-48-46-18-8-10-24-52(46)58-54(48)50)44-35-29-40(30-36-44)39-27-33-42(34-28-39)55(41-15-5-2-6-16-41)49-21-11-19-47-45-17-7-9-23-51(45)57-53(47)49/h1-36H. The average Bonchev–Trinajstić information content (AvgIpc) is 3.88. The first-order valence-corrected chi connectivity index (χ1v) is 21.2. The Kier molecular flexibility index (Phi) is 8.58. The number of para-hydroxylation sites is 1. The van der Waals surface area contributed by atoms with Gasteiger partial charge in [-0.25, -0.2) is 0 Å². The number of hydrogen-bond donors (Lipinski definition) is 0. The third-order valence-corrected chi connectivity index (χ3v) is 13.5. The lowest BCUT2D eigenvalue weighted by molar-refractivity contribution is 1.30. The van der Waals surface area contributed by atoms with Gasteiger partial charge >= 0.3 is 0 Å². The van der Waals surface area contributed by atoms with Crippen molar-refractivity contribution in [3.63, 3.8) is 0 Å². The molecular formula is C54H36N2S2. The zero-order valence-electron chi connectivity index (χ0n) is 31.5. The first-order chi connectivity index (χ1) is 28.8. The molecule has 0 aliphatic rings. The van der Waals surface area contributed by atoms with Crippen molar-refractivity contribution in [1.82, 2.24) is 0 Å². The zero-order valence-corrected chi connectivity index (χ0v) is 33.1. The Labute approximate surface area is 345 Å². The summed E-state index contributed by atoms with van der Waals surface area (Å²) in [5.74, 6) is 0. The van der Waals surface area contributed by atoms with Crippen LogP contribution in [0.2, 0.25) is 0 Å². The third-order valence-electron chi connectivity index (χ3n) is 11.1. The maximum Gasteiger partial charge on any atom is 0.0640 e. The van der Waals surface area contributed by atoms with E-state index in [1.807, 2.05) is 22.7 Å². The predicted octanol–water partition coefficient (Wildman–Crippen LogP) is 16.7. The van der Waals surface area contributed by atoms with Gasteiger partial charge in [0.1, 0.15) is 0 Å². The number of nitrogens with zero attached hydrogens (tertiary/aromatic N) is 2. The monoisotopic (exact) mass is 776 g/mol. The Bertz CT molecular complexity index is 3200. The van der Waals surface area contributed by atoms with Gasteiger partial charge in [0.2, 0.25) is 0 Å². The van der Waals surface area contributed by atoms with E-state index in [9.17, 15) is 0 Å². The van der Waals surface area contributed by atoms with Crippen molar-refractivity contribution in [2.75, 3.05) is 9.80 Å². The maximum absolute atomic E-state index is 2.41. The fourth-order valence-electron chi connectivity index (χ4n) is 8.29. The highest BCUT2D eigenvalue weighted by molar-refractivity contribution is 7.26. The van der Waals surface area contributed by atoms with Gasteiger partial charge in [0.05, 0.1) is 20.8 Å². The molecule has 2 heterocycles. The molecule has 9 aromatic carbocycles. The van der Waals surface area contributed by atoms with Gasteiger partial charge in [0.15, 0.2) is 0 Å². The Hall–Kier alpha value is -6.98. The van der Waals surface area contributed by atoms with Crippen LogP contribution in [-0.2, 0) is 0 Å². The molecule has 2 aromatic heterocycles. The second kappa shape index (κ2) is 14.5. The van der Waals surface area contributed by atoms with E-state index in [2.05, 4.69) is 228 Å². The van der Waals surface area contributed by atoms with E-state index in [1.54, 1.807) is 0 Å². The van der Waals surface area contributed by atoms with Crippen LogP contribution in [0.5, 0.6) is 0 Å².